The minimum absolute atomic E-state index is 0.0425. The van der Waals surface area contributed by atoms with Crippen LogP contribution in [0.15, 0.2) is 47.8 Å². The topological polar surface area (TPSA) is 107 Å². The molecule has 2 heterocycles. The lowest BCUT2D eigenvalue weighted by Crippen LogP contribution is -2.28. The van der Waals surface area contributed by atoms with Gasteiger partial charge in [-0.25, -0.2) is 9.97 Å². The third-order valence-electron chi connectivity index (χ3n) is 5.40. The van der Waals surface area contributed by atoms with E-state index in [1.54, 1.807) is 18.2 Å². The summed E-state index contributed by atoms with van der Waals surface area (Å²) in [5.41, 5.74) is 1.64. The SMILES string of the molecule is CCCCCN(C)/C=C\c1cc(-c2ncc(C(F)(F)F)cn2)ccc1C=O.Nc1cnn(SF)c(=O)c1C(F)(F)F. The fraction of sp³-hybridized carbons (Fsp3) is 0.320. The van der Waals surface area contributed by atoms with E-state index in [1.807, 2.05) is 24.2 Å². The molecule has 0 bridgehead atoms. The molecule has 0 saturated heterocycles. The van der Waals surface area contributed by atoms with Crippen LogP contribution in [-0.4, -0.2) is 43.9 Å². The van der Waals surface area contributed by atoms with Crippen LogP contribution in [0.1, 0.15) is 53.2 Å². The second-order valence-corrected chi connectivity index (χ2v) is 8.96. The minimum Gasteiger partial charge on any atom is -0.397 e. The van der Waals surface area contributed by atoms with Gasteiger partial charge in [0, 0.05) is 37.1 Å². The van der Waals surface area contributed by atoms with Gasteiger partial charge in [-0.1, -0.05) is 31.9 Å². The molecule has 8 nitrogen and oxygen atoms in total. The number of carbonyl (C=O) groups excluding carboxylic acids is 1. The standard InChI is InChI=1S/C20H22F3N3O.C5H3F4N3OS/c1-3-4-5-9-26(2)10-8-15-11-16(6-7-17(15)14-27)19-24-12-18(13-25-19)20(21,22)23;6-5(7,8)3-2(10)1-11-12(14-9)4(3)13/h6-8,10-14H,3-5,9H2,1-2H3;1H,10H2/b10-8-;. The Hall–Kier alpha value is -3.95. The molecule has 0 radical (unpaired) electrons. The van der Waals surface area contributed by atoms with Gasteiger partial charge in [0.15, 0.2) is 24.4 Å². The van der Waals surface area contributed by atoms with E-state index in [0.717, 1.165) is 44.5 Å². The molecule has 41 heavy (non-hydrogen) atoms. The normalized spacial score (nSPS) is 11.7. The van der Waals surface area contributed by atoms with Crippen molar-refractivity contribution in [1.82, 2.24) is 24.1 Å². The Balaban J connectivity index is 0.000000353. The second kappa shape index (κ2) is 14.6. The zero-order chi connectivity index (χ0) is 30.8. The molecule has 3 rings (SSSR count). The number of anilines is 1. The Kier molecular flexibility index (Phi) is 11.9. The summed E-state index contributed by atoms with van der Waals surface area (Å²) in [7, 11) is 1.95. The number of rotatable bonds is 9. The molecule has 1 aromatic carbocycles. The highest BCUT2D eigenvalue weighted by Crippen LogP contribution is 2.31. The molecule has 0 aliphatic rings. The van der Waals surface area contributed by atoms with Crippen LogP contribution in [0.3, 0.4) is 0 Å². The summed E-state index contributed by atoms with van der Waals surface area (Å²) in [6.45, 7) is 3.05. The van der Waals surface area contributed by atoms with Crippen molar-refractivity contribution in [3.63, 3.8) is 0 Å². The van der Waals surface area contributed by atoms with Gasteiger partial charge in [-0.15, -0.1) is 7.97 Å². The lowest BCUT2D eigenvalue weighted by molar-refractivity contribution is -0.139. The van der Waals surface area contributed by atoms with Gasteiger partial charge in [-0.3, -0.25) is 9.59 Å². The van der Waals surface area contributed by atoms with Gasteiger partial charge in [0.25, 0.3) is 5.56 Å². The van der Waals surface area contributed by atoms with E-state index in [0.29, 0.717) is 22.9 Å². The van der Waals surface area contributed by atoms with Crippen LogP contribution in [0.2, 0.25) is 0 Å². The monoisotopic (exact) mass is 606 g/mol. The number of hydrogen-bond donors (Lipinski definition) is 1. The molecule has 0 amide bonds. The maximum absolute atomic E-state index is 12.6. The lowest BCUT2D eigenvalue weighted by Gasteiger charge is -2.13. The predicted molar refractivity (Wildman–Crippen MR) is 141 cm³/mol. The van der Waals surface area contributed by atoms with Crippen molar-refractivity contribution in [2.24, 2.45) is 0 Å². The van der Waals surface area contributed by atoms with Crippen LogP contribution in [0.4, 0.5) is 35.9 Å². The molecule has 3 aromatic rings. The number of halogens is 7. The Bertz CT molecular complexity index is 1390. The zero-order valence-corrected chi connectivity index (χ0v) is 22.5. The number of nitrogens with zero attached hydrogens (tertiary/aromatic N) is 5. The first-order valence-electron chi connectivity index (χ1n) is 11.8. The van der Waals surface area contributed by atoms with Gasteiger partial charge in [-0.05, 0) is 30.3 Å². The van der Waals surface area contributed by atoms with E-state index in [1.165, 1.54) is 0 Å². The van der Waals surface area contributed by atoms with Gasteiger partial charge >= 0.3 is 12.4 Å². The van der Waals surface area contributed by atoms with E-state index in [4.69, 9.17) is 5.73 Å². The molecule has 0 spiro atoms. The number of nitrogen functional groups attached to an aromatic ring is 1. The van der Waals surface area contributed by atoms with Crippen LogP contribution in [0.5, 0.6) is 0 Å². The van der Waals surface area contributed by atoms with Gasteiger partial charge < -0.3 is 10.6 Å². The number of unbranched alkanes of at least 4 members (excludes halogenated alkanes) is 2. The van der Waals surface area contributed by atoms with Crippen molar-refractivity contribution in [2.45, 2.75) is 38.5 Å². The summed E-state index contributed by atoms with van der Waals surface area (Å²) in [6, 6.07) is 4.93. The van der Waals surface area contributed by atoms with E-state index in [-0.39, 0.29) is 9.91 Å². The molecule has 0 atom stereocenters. The quantitative estimate of drug-likeness (QED) is 0.172. The lowest BCUT2D eigenvalue weighted by atomic mass is 10.0. The van der Waals surface area contributed by atoms with Crippen LogP contribution in [0, 0.1) is 0 Å². The second-order valence-electron chi connectivity index (χ2n) is 8.48. The van der Waals surface area contributed by atoms with E-state index in [2.05, 4.69) is 22.0 Å². The molecule has 2 aromatic heterocycles. The van der Waals surface area contributed by atoms with Crippen molar-refractivity contribution in [3.8, 4) is 11.4 Å². The van der Waals surface area contributed by atoms with Gasteiger partial charge in [-0.2, -0.15) is 31.4 Å². The first-order valence-corrected chi connectivity index (χ1v) is 12.5. The Morgan fingerprint density at radius 2 is 1.68 bits per heavy atom. The van der Waals surface area contributed by atoms with Crippen molar-refractivity contribution in [3.05, 3.63) is 75.6 Å². The number of alkyl halides is 6. The number of hydrogen-bond acceptors (Lipinski definition) is 8. The largest absolute Gasteiger partial charge is 0.423 e. The fourth-order valence-corrected chi connectivity index (χ4v) is 3.50. The van der Waals surface area contributed by atoms with Crippen molar-refractivity contribution >= 4 is 30.4 Å². The molecule has 0 unspecified atom stereocenters. The van der Waals surface area contributed by atoms with E-state index in [9.17, 15) is 39.8 Å². The Labute approximate surface area is 234 Å². The van der Waals surface area contributed by atoms with Crippen LogP contribution < -0.4 is 11.3 Å². The Morgan fingerprint density at radius 3 is 2.22 bits per heavy atom. The summed E-state index contributed by atoms with van der Waals surface area (Å²) >= 11 is -0.728. The van der Waals surface area contributed by atoms with Gasteiger partial charge in [0.05, 0.1) is 17.4 Å². The van der Waals surface area contributed by atoms with Crippen molar-refractivity contribution < 1.29 is 35.0 Å². The number of nitrogens with two attached hydrogens (primary N) is 1. The van der Waals surface area contributed by atoms with Crippen LogP contribution in [-0.2, 0) is 12.4 Å². The highest BCUT2D eigenvalue weighted by molar-refractivity contribution is 7.92. The van der Waals surface area contributed by atoms with Gasteiger partial charge in [0.2, 0.25) is 0 Å². The fourth-order valence-electron chi connectivity index (χ4n) is 3.27. The third-order valence-corrected chi connectivity index (χ3v) is 5.79. The average Bonchev–Trinajstić information content (AvgIpc) is 2.91. The summed E-state index contributed by atoms with van der Waals surface area (Å²) in [6.07, 6.45) is 0.499. The molecule has 16 heteroatoms. The molecule has 0 aliphatic heterocycles. The first-order chi connectivity index (χ1) is 19.2. The number of benzene rings is 1. The minimum atomic E-state index is -4.92. The van der Waals surface area contributed by atoms with Crippen LogP contribution >= 0.6 is 12.3 Å². The van der Waals surface area contributed by atoms with Crippen molar-refractivity contribution in [1.29, 1.82) is 0 Å². The zero-order valence-electron chi connectivity index (χ0n) is 21.7. The molecule has 222 valence electrons. The molecular formula is C25H25F7N6O2S. The average molecular weight is 607 g/mol. The Morgan fingerprint density at radius 1 is 1.02 bits per heavy atom. The smallest absolute Gasteiger partial charge is 0.397 e. The predicted octanol–water partition coefficient (Wildman–Crippen LogP) is 6.29. The molecule has 0 saturated carbocycles. The number of aldehydes is 1. The summed E-state index contributed by atoms with van der Waals surface area (Å²) < 4.78 is 86.3. The number of aromatic nitrogens is 4. The maximum atomic E-state index is 12.6. The first kappa shape index (κ1) is 33.3. The number of carbonyl (C=O) groups is 1. The third kappa shape index (κ3) is 9.58. The molecule has 2 N–H and O–H groups in total. The van der Waals surface area contributed by atoms with Crippen LogP contribution in [0.25, 0.3) is 17.5 Å². The van der Waals surface area contributed by atoms with Gasteiger partial charge in [0.1, 0.15) is 5.56 Å². The molecule has 0 aliphatic carbocycles. The molecular weight excluding hydrogens is 581 g/mol. The highest BCUT2D eigenvalue weighted by atomic mass is 32.2. The van der Waals surface area contributed by atoms with E-state index < -0.39 is 47.1 Å². The highest BCUT2D eigenvalue weighted by Gasteiger charge is 2.37. The molecule has 0 fully saturated rings. The summed E-state index contributed by atoms with van der Waals surface area (Å²) in [5, 5.41) is 3.04. The van der Waals surface area contributed by atoms with E-state index >= 15 is 0 Å². The van der Waals surface area contributed by atoms with Crippen molar-refractivity contribution in [2.75, 3.05) is 19.3 Å². The summed E-state index contributed by atoms with van der Waals surface area (Å²) in [5.74, 6) is 0.173. The maximum Gasteiger partial charge on any atom is 0.423 e. The summed E-state index contributed by atoms with van der Waals surface area (Å²) in [4.78, 5) is 31.8.